The first kappa shape index (κ1) is 18.0. The van der Waals surface area contributed by atoms with Crippen LogP contribution >= 0.6 is 11.6 Å². The van der Waals surface area contributed by atoms with Crippen LogP contribution in [0.15, 0.2) is 42.5 Å². The van der Waals surface area contributed by atoms with Gasteiger partial charge >= 0.3 is 0 Å². The SMILES string of the molecule is COc1cc(Cl)c(C)cc1Nc1nc(C)cc(Nc2ccccc2C)n1. The third-order valence-electron chi connectivity index (χ3n) is 3.99. The third-order valence-corrected chi connectivity index (χ3v) is 4.40. The summed E-state index contributed by atoms with van der Waals surface area (Å²) in [7, 11) is 1.61. The summed E-state index contributed by atoms with van der Waals surface area (Å²) in [5.41, 5.74) is 4.72. The lowest BCUT2D eigenvalue weighted by Gasteiger charge is -2.14. The summed E-state index contributed by atoms with van der Waals surface area (Å²) < 4.78 is 5.41. The molecule has 6 heteroatoms. The molecule has 0 atom stereocenters. The normalized spacial score (nSPS) is 10.5. The second-order valence-corrected chi connectivity index (χ2v) is 6.49. The summed E-state index contributed by atoms with van der Waals surface area (Å²) in [6.45, 7) is 5.92. The lowest BCUT2D eigenvalue weighted by atomic mass is 10.2. The van der Waals surface area contributed by atoms with Gasteiger partial charge in [-0.3, -0.25) is 0 Å². The van der Waals surface area contributed by atoms with Gasteiger partial charge in [-0.1, -0.05) is 29.8 Å². The van der Waals surface area contributed by atoms with Gasteiger partial charge in [0.2, 0.25) is 5.95 Å². The molecule has 2 N–H and O–H groups in total. The van der Waals surface area contributed by atoms with E-state index in [0.717, 1.165) is 34.0 Å². The van der Waals surface area contributed by atoms with Crippen molar-refractivity contribution in [2.24, 2.45) is 0 Å². The number of nitrogens with one attached hydrogen (secondary N) is 2. The van der Waals surface area contributed by atoms with Crippen LogP contribution < -0.4 is 15.4 Å². The Hall–Kier alpha value is -2.79. The van der Waals surface area contributed by atoms with Gasteiger partial charge in [-0.15, -0.1) is 0 Å². The van der Waals surface area contributed by atoms with E-state index in [2.05, 4.69) is 33.6 Å². The second-order valence-electron chi connectivity index (χ2n) is 6.08. The molecule has 5 nitrogen and oxygen atoms in total. The summed E-state index contributed by atoms with van der Waals surface area (Å²) in [4.78, 5) is 9.04. The summed E-state index contributed by atoms with van der Waals surface area (Å²) in [5, 5.41) is 7.22. The Bertz CT molecular complexity index is 943. The average Bonchev–Trinajstić information content (AvgIpc) is 2.59. The Kier molecular flexibility index (Phi) is 5.28. The topological polar surface area (TPSA) is 59.1 Å². The van der Waals surface area contributed by atoms with Crippen LogP contribution in [0.1, 0.15) is 16.8 Å². The molecule has 0 bridgehead atoms. The van der Waals surface area contributed by atoms with E-state index in [1.807, 2.05) is 44.2 Å². The van der Waals surface area contributed by atoms with Crippen molar-refractivity contribution in [3.63, 3.8) is 0 Å². The van der Waals surface area contributed by atoms with E-state index in [4.69, 9.17) is 16.3 Å². The van der Waals surface area contributed by atoms with Crippen molar-refractivity contribution in [1.29, 1.82) is 0 Å². The molecular weight excluding hydrogens is 348 g/mol. The fourth-order valence-electron chi connectivity index (χ4n) is 2.59. The zero-order valence-corrected chi connectivity index (χ0v) is 16.0. The minimum absolute atomic E-state index is 0.487. The van der Waals surface area contributed by atoms with Gasteiger partial charge in [0, 0.05) is 28.5 Å². The smallest absolute Gasteiger partial charge is 0.229 e. The molecule has 0 aliphatic heterocycles. The Labute approximate surface area is 158 Å². The molecule has 0 unspecified atom stereocenters. The fourth-order valence-corrected chi connectivity index (χ4v) is 2.74. The maximum Gasteiger partial charge on any atom is 0.229 e. The maximum atomic E-state index is 6.17. The number of aryl methyl sites for hydroxylation is 3. The highest BCUT2D eigenvalue weighted by molar-refractivity contribution is 6.31. The largest absolute Gasteiger partial charge is 0.495 e. The number of hydrogen-bond acceptors (Lipinski definition) is 5. The number of benzene rings is 2. The molecule has 0 saturated heterocycles. The lowest BCUT2D eigenvalue weighted by Crippen LogP contribution is -2.04. The van der Waals surface area contributed by atoms with Crippen molar-refractivity contribution in [2.45, 2.75) is 20.8 Å². The van der Waals surface area contributed by atoms with Crippen molar-refractivity contribution >= 4 is 34.7 Å². The highest BCUT2D eigenvalue weighted by Crippen LogP contribution is 2.32. The molecule has 1 aromatic heterocycles. The predicted molar refractivity (Wildman–Crippen MR) is 107 cm³/mol. The van der Waals surface area contributed by atoms with Crippen LogP contribution in [0.5, 0.6) is 5.75 Å². The molecule has 1 heterocycles. The number of aromatic nitrogens is 2. The molecule has 0 fully saturated rings. The molecule has 0 aliphatic carbocycles. The molecule has 26 heavy (non-hydrogen) atoms. The molecule has 0 saturated carbocycles. The van der Waals surface area contributed by atoms with Gasteiger partial charge in [-0.2, -0.15) is 4.98 Å². The first-order valence-electron chi connectivity index (χ1n) is 8.26. The van der Waals surface area contributed by atoms with E-state index in [9.17, 15) is 0 Å². The van der Waals surface area contributed by atoms with Gasteiger partial charge in [0.25, 0.3) is 0 Å². The Morgan fingerprint density at radius 1 is 0.885 bits per heavy atom. The quantitative estimate of drug-likeness (QED) is 0.618. The van der Waals surface area contributed by atoms with Crippen LogP contribution in [0.25, 0.3) is 0 Å². The fraction of sp³-hybridized carbons (Fsp3) is 0.200. The number of methoxy groups -OCH3 is 1. The molecule has 0 amide bonds. The Morgan fingerprint density at radius 3 is 2.38 bits per heavy atom. The summed E-state index contributed by atoms with van der Waals surface area (Å²) in [6.07, 6.45) is 0. The Balaban J connectivity index is 1.91. The van der Waals surface area contributed by atoms with Crippen LogP contribution in [0, 0.1) is 20.8 Å². The molecule has 3 aromatic rings. The third kappa shape index (κ3) is 4.06. The molecular formula is C20H21ClN4O. The van der Waals surface area contributed by atoms with Gasteiger partial charge in [0.05, 0.1) is 12.8 Å². The van der Waals surface area contributed by atoms with Crippen molar-refractivity contribution in [3.8, 4) is 5.75 Å². The molecule has 134 valence electrons. The van der Waals surface area contributed by atoms with Gasteiger partial charge in [-0.25, -0.2) is 4.98 Å². The number of rotatable bonds is 5. The predicted octanol–water partition coefficient (Wildman–Crippen LogP) is 5.55. The summed E-state index contributed by atoms with van der Waals surface area (Å²) in [5.74, 6) is 1.85. The summed E-state index contributed by atoms with van der Waals surface area (Å²) in [6, 6.07) is 13.7. The first-order valence-corrected chi connectivity index (χ1v) is 8.63. The number of nitrogens with zero attached hydrogens (tertiary/aromatic N) is 2. The van der Waals surface area contributed by atoms with Crippen molar-refractivity contribution in [1.82, 2.24) is 9.97 Å². The second kappa shape index (κ2) is 7.62. The van der Waals surface area contributed by atoms with E-state index in [-0.39, 0.29) is 0 Å². The van der Waals surface area contributed by atoms with E-state index in [1.54, 1.807) is 13.2 Å². The average molecular weight is 369 g/mol. The number of anilines is 4. The molecule has 0 aliphatic rings. The highest BCUT2D eigenvalue weighted by Gasteiger charge is 2.10. The van der Waals surface area contributed by atoms with E-state index in [0.29, 0.717) is 16.7 Å². The minimum atomic E-state index is 0.487. The monoisotopic (exact) mass is 368 g/mol. The zero-order chi connectivity index (χ0) is 18.7. The first-order chi connectivity index (χ1) is 12.5. The van der Waals surface area contributed by atoms with Gasteiger partial charge in [0.15, 0.2) is 0 Å². The zero-order valence-electron chi connectivity index (χ0n) is 15.2. The molecule has 0 spiro atoms. The van der Waals surface area contributed by atoms with Gasteiger partial charge < -0.3 is 15.4 Å². The standard InChI is InChI=1S/C20H21ClN4O/c1-12-7-5-6-8-16(12)23-19-10-14(3)22-20(25-19)24-17-9-13(2)15(21)11-18(17)26-4/h5-11H,1-4H3,(H2,22,23,24,25). The maximum absolute atomic E-state index is 6.17. The summed E-state index contributed by atoms with van der Waals surface area (Å²) >= 11 is 6.17. The number of halogens is 1. The number of hydrogen-bond donors (Lipinski definition) is 2. The lowest BCUT2D eigenvalue weighted by molar-refractivity contribution is 0.416. The van der Waals surface area contributed by atoms with E-state index < -0.39 is 0 Å². The van der Waals surface area contributed by atoms with Crippen molar-refractivity contribution in [2.75, 3.05) is 17.7 Å². The van der Waals surface area contributed by atoms with Crippen LogP contribution in [0.2, 0.25) is 5.02 Å². The van der Waals surface area contributed by atoms with Gasteiger partial charge in [0.1, 0.15) is 11.6 Å². The van der Waals surface area contributed by atoms with Crippen molar-refractivity contribution in [3.05, 3.63) is 64.3 Å². The number of ether oxygens (including phenoxy) is 1. The Morgan fingerprint density at radius 2 is 1.65 bits per heavy atom. The minimum Gasteiger partial charge on any atom is -0.495 e. The molecule has 0 radical (unpaired) electrons. The molecule has 2 aromatic carbocycles. The highest BCUT2D eigenvalue weighted by atomic mass is 35.5. The van der Waals surface area contributed by atoms with Crippen LogP contribution in [0.4, 0.5) is 23.1 Å². The van der Waals surface area contributed by atoms with E-state index in [1.165, 1.54) is 0 Å². The molecule has 3 rings (SSSR count). The van der Waals surface area contributed by atoms with Crippen LogP contribution in [0.3, 0.4) is 0 Å². The van der Waals surface area contributed by atoms with Crippen molar-refractivity contribution < 1.29 is 4.74 Å². The van der Waals surface area contributed by atoms with Crippen LogP contribution in [-0.4, -0.2) is 17.1 Å². The number of para-hydroxylation sites is 1. The van der Waals surface area contributed by atoms with Gasteiger partial charge in [-0.05, 0) is 44.0 Å². The van der Waals surface area contributed by atoms with Crippen LogP contribution in [-0.2, 0) is 0 Å². The van der Waals surface area contributed by atoms with E-state index >= 15 is 0 Å².